The molecule has 0 saturated carbocycles. The van der Waals surface area contributed by atoms with Crippen LogP contribution in [-0.2, 0) is 67.1 Å². The van der Waals surface area contributed by atoms with Crippen LogP contribution in [0.2, 0.25) is 0 Å². The van der Waals surface area contributed by atoms with Crippen molar-refractivity contribution in [2.45, 2.75) is 0 Å². The van der Waals surface area contributed by atoms with Crippen LogP contribution in [0.25, 0.3) is 6.15 Å². The summed E-state index contributed by atoms with van der Waals surface area (Å²) in [5.74, 6) is 0. The maximum atomic E-state index is 0. The van der Waals surface area contributed by atoms with Crippen molar-refractivity contribution in [3.63, 3.8) is 0 Å². The van der Waals surface area contributed by atoms with Crippen molar-refractivity contribution in [2.24, 2.45) is 0 Å². The fraction of sp³-hybridized carbons (Fsp3) is 0. The molecule has 4 heteroatoms. The van der Waals surface area contributed by atoms with E-state index in [1.807, 2.05) is 0 Å². The van der Waals surface area contributed by atoms with E-state index in [-0.39, 0.29) is 73.3 Å². The molecule has 0 aliphatic carbocycles. The second kappa shape index (κ2) is 19.0. The van der Waals surface area contributed by atoms with Gasteiger partial charge >= 0.3 is 67.1 Å². The van der Waals surface area contributed by atoms with Crippen LogP contribution in [-0.4, -0.2) is 0 Å². The van der Waals surface area contributed by atoms with Gasteiger partial charge in [0.2, 0.25) is 0 Å². The van der Waals surface area contributed by atoms with E-state index >= 15 is 0 Å². The number of rotatable bonds is 0. The Hall–Kier alpha value is 2.18. The van der Waals surface area contributed by atoms with E-state index in [4.69, 9.17) is 0 Å². The van der Waals surface area contributed by atoms with E-state index in [1.165, 1.54) is 0 Å². The zero-order valence-electron chi connectivity index (χ0n) is 1.35. The molecule has 0 aliphatic rings. The molecular formula is Au3N. The molecule has 0 saturated heterocycles. The first kappa shape index (κ1) is 34.9. The average Bonchev–Trinajstić information content (AvgIpc) is 0. The van der Waals surface area contributed by atoms with Gasteiger partial charge in [-0.2, -0.15) is 0 Å². The van der Waals surface area contributed by atoms with Crippen LogP contribution in [0.4, 0.5) is 0 Å². The van der Waals surface area contributed by atoms with Crippen LogP contribution in [0.3, 0.4) is 0 Å². The predicted octanol–water partition coefficient (Wildman–Crippen LogP) is 0.281. The van der Waals surface area contributed by atoms with E-state index in [1.54, 1.807) is 0 Å². The molecule has 0 rings (SSSR count). The molecule has 0 bridgehead atoms. The summed E-state index contributed by atoms with van der Waals surface area (Å²) < 4.78 is 0. The van der Waals surface area contributed by atoms with Gasteiger partial charge < -0.3 is 6.15 Å². The molecule has 1 nitrogen and oxygen atoms in total. The Morgan fingerprint density at radius 2 is 0.500 bits per heavy atom. The summed E-state index contributed by atoms with van der Waals surface area (Å²) in [6.07, 6.45) is 0. The van der Waals surface area contributed by atoms with Crippen LogP contribution < -0.4 is 0 Å². The fourth-order valence-corrected chi connectivity index (χ4v) is 0. The maximum absolute atomic E-state index is 0. The maximum Gasteiger partial charge on any atom is 1.00 e. The second-order valence-corrected chi connectivity index (χ2v) is 0. The Bertz CT molecular complexity index is 3.25. The Labute approximate surface area is 72.4 Å². The molecule has 0 aromatic heterocycles. The first-order valence-corrected chi connectivity index (χ1v) is 0. The van der Waals surface area contributed by atoms with E-state index in [2.05, 4.69) is 0 Å². The van der Waals surface area contributed by atoms with Crippen molar-refractivity contribution >= 4 is 0 Å². The van der Waals surface area contributed by atoms with Crippen molar-refractivity contribution in [2.75, 3.05) is 0 Å². The molecule has 0 heterocycles. The molecule has 0 aliphatic heterocycles. The van der Waals surface area contributed by atoms with Gasteiger partial charge in [-0.05, 0) is 0 Å². The molecule has 0 N–H and O–H groups in total. The summed E-state index contributed by atoms with van der Waals surface area (Å²) in [6.45, 7) is 0. The largest absolute Gasteiger partial charge is 3.00 e. The Kier molecular flexibility index (Phi) is 166. The molecule has 0 amide bonds. The van der Waals surface area contributed by atoms with Crippen LogP contribution >= 0.6 is 0 Å². The third-order valence-corrected chi connectivity index (χ3v) is 0. The molecule has 0 aromatic rings. The molecular weight excluding hydrogens is 605 g/mol. The average molecular weight is 605 g/mol. The van der Waals surface area contributed by atoms with E-state index < -0.39 is 0 Å². The molecule has 0 spiro atoms. The molecule has 0 atom stereocenters. The van der Waals surface area contributed by atoms with Crippen molar-refractivity contribution in [3.05, 3.63) is 6.15 Å². The standard InChI is InChI=1S/3Au.N/q3*+1;-3. The van der Waals surface area contributed by atoms with Gasteiger partial charge in [-0.15, -0.1) is 0 Å². The molecule has 0 radical (unpaired) electrons. The van der Waals surface area contributed by atoms with Gasteiger partial charge in [0.25, 0.3) is 0 Å². The van der Waals surface area contributed by atoms with E-state index in [0.717, 1.165) is 0 Å². The molecule has 38 valence electrons. The first-order valence-electron chi connectivity index (χ1n) is 0. The summed E-state index contributed by atoms with van der Waals surface area (Å²) in [4.78, 5) is 0. The van der Waals surface area contributed by atoms with Crippen molar-refractivity contribution < 1.29 is 67.1 Å². The summed E-state index contributed by atoms with van der Waals surface area (Å²) in [5.41, 5.74) is 0. The van der Waals surface area contributed by atoms with Crippen LogP contribution in [0.5, 0.6) is 0 Å². The molecule has 0 fully saturated rings. The van der Waals surface area contributed by atoms with Gasteiger partial charge in [0.05, 0.1) is 0 Å². The minimum absolute atomic E-state index is 0. The third-order valence-electron chi connectivity index (χ3n) is 0. The van der Waals surface area contributed by atoms with Crippen LogP contribution in [0.1, 0.15) is 0 Å². The fourth-order valence-electron chi connectivity index (χ4n) is 0. The first-order chi connectivity index (χ1) is 0. The van der Waals surface area contributed by atoms with E-state index in [9.17, 15) is 0 Å². The second-order valence-electron chi connectivity index (χ2n) is 0. The van der Waals surface area contributed by atoms with Crippen LogP contribution in [0.15, 0.2) is 0 Å². The monoisotopic (exact) mass is 605 g/mol. The van der Waals surface area contributed by atoms with Crippen LogP contribution in [0, 0.1) is 0 Å². The zero-order valence-corrected chi connectivity index (χ0v) is 7.85. The minimum atomic E-state index is 0. The van der Waals surface area contributed by atoms with Gasteiger partial charge in [0, 0.05) is 0 Å². The Morgan fingerprint density at radius 1 is 0.500 bits per heavy atom. The third kappa shape index (κ3) is 8.89. The predicted molar refractivity (Wildman–Crippen MR) is 3.36 cm³/mol. The van der Waals surface area contributed by atoms with Gasteiger partial charge in [0.1, 0.15) is 0 Å². The molecule has 0 unspecified atom stereocenters. The molecule has 0 aromatic carbocycles. The summed E-state index contributed by atoms with van der Waals surface area (Å²) in [7, 11) is 0. The SMILES string of the molecule is [Au+].[Au+].[Au+].[N-3]. The number of hydrogen-bond donors (Lipinski definition) is 0. The van der Waals surface area contributed by atoms with Gasteiger partial charge in [-0.3, -0.25) is 0 Å². The quantitative estimate of drug-likeness (QED) is 0.356. The molecule has 4 heavy (non-hydrogen) atoms. The summed E-state index contributed by atoms with van der Waals surface area (Å²) in [5, 5.41) is 0. The number of hydrogen-bond acceptors (Lipinski definition) is 0. The smallest absolute Gasteiger partial charge is 1.00 e. The van der Waals surface area contributed by atoms with Gasteiger partial charge in [-0.25, -0.2) is 0 Å². The minimum Gasteiger partial charge on any atom is -3.00 e. The zero-order chi connectivity index (χ0) is 0. The number of nitrogens with zero attached hydrogens (tertiary/aromatic N) is 1. The topological polar surface area (TPSA) is 30.5 Å². The Morgan fingerprint density at radius 3 is 0.500 bits per heavy atom. The van der Waals surface area contributed by atoms with E-state index in [0.29, 0.717) is 0 Å². The van der Waals surface area contributed by atoms with Gasteiger partial charge in [-0.1, -0.05) is 0 Å². The van der Waals surface area contributed by atoms with Crippen molar-refractivity contribution in [1.82, 2.24) is 0 Å². The normalized spacial score (nSPS) is 0. The Balaban J connectivity index is 0. The summed E-state index contributed by atoms with van der Waals surface area (Å²) in [6, 6.07) is 0. The van der Waals surface area contributed by atoms with Crippen molar-refractivity contribution in [1.29, 1.82) is 0 Å². The van der Waals surface area contributed by atoms with Gasteiger partial charge in [0.15, 0.2) is 0 Å². The summed E-state index contributed by atoms with van der Waals surface area (Å²) >= 11 is 0. The van der Waals surface area contributed by atoms with Crippen molar-refractivity contribution in [3.8, 4) is 0 Å².